The number of rotatable bonds is 2. The number of nitrogens with zero attached hydrogens (tertiary/aromatic N) is 2. The smallest absolute Gasteiger partial charge is 0.252 e. The van der Waals surface area contributed by atoms with Gasteiger partial charge in [0.2, 0.25) is 0 Å². The zero-order valence-electron chi connectivity index (χ0n) is 10.7. The molecule has 2 aromatic carbocycles. The summed E-state index contributed by atoms with van der Waals surface area (Å²) in [5.74, 6) is 0. The van der Waals surface area contributed by atoms with Crippen LogP contribution in [0.2, 0.25) is 5.02 Å². The fraction of sp³-hybridized carbons (Fsp3) is 0.0714. The maximum Gasteiger partial charge on any atom is 0.267 e. The number of para-hydroxylation sites is 1. The SMILES string of the molecule is O=S1(=O)c2ccccc2N=CN1Cc1ccc(Br)cc1Cl. The van der Waals surface area contributed by atoms with Crippen LogP contribution in [0.25, 0.3) is 0 Å². The predicted octanol–water partition coefficient (Wildman–Crippen LogP) is 3.97. The van der Waals surface area contributed by atoms with Gasteiger partial charge in [-0.2, -0.15) is 0 Å². The summed E-state index contributed by atoms with van der Waals surface area (Å²) in [5.41, 5.74) is 1.17. The van der Waals surface area contributed by atoms with Gasteiger partial charge in [0.05, 0.1) is 12.2 Å². The second kappa shape index (κ2) is 5.44. The van der Waals surface area contributed by atoms with Crippen LogP contribution in [0.15, 0.2) is 56.8 Å². The number of hydrogen-bond donors (Lipinski definition) is 0. The lowest BCUT2D eigenvalue weighted by Crippen LogP contribution is -2.31. The van der Waals surface area contributed by atoms with Gasteiger partial charge in [-0.25, -0.2) is 13.4 Å². The first-order chi connectivity index (χ1) is 9.98. The molecule has 0 spiro atoms. The first-order valence-corrected chi connectivity index (χ1v) is 8.68. The van der Waals surface area contributed by atoms with Gasteiger partial charge in [0.25, 0.3) is 10.0 Å². The molecule has 0 aromatic heterocycles. The van der Waals surface area contributed by atoms with E-state index < -0.39 is 10.0 Å². The summed E-state index contributed by atoms with van der Waals surface area (Å²) >= 11 is 9.47. The molecule has 0 N–H and O–H groups in total. The molecule has 1 heterocycles. The van der Waals surface area contributed by atoms with Crippen LogP contribution >= 0.6 is 27.5 Å². The summed E-state index contributed by atoms with van der Waals surface area (Å²) in [6.07, 6.45) is 1.33. The molecule has 3 rings (SSSR count). The summed E-state index contributed by atoms with van der Waals surface area (Å²) < 4.78 is 27.2. The average molecular weight is 386 g/mol. The van der Waals surface area contributed by atoms with Crippen LogP contribution in [0.5, 0.6) is 0 Å². The molecule has 1 aliphatic heterocycles. The highest BCUT2D eigenvalue weighted by Gasteiger charge is 2.28. The molecule has 21 heavy (non-hydrogen) atoms. The van der Waals surface area contributed by atoms with Crippen LogP contribution < -0.4 is 0 Å². The van der Waals surface area contributed by atoms with Crippen LogP contribution in [-0.4, -0.2) is 19.1 Å². The van der Waals surface area contributed by atoms with Gasteiger partial charge in [-0.3, -0.25) is 4.31 Å². The fourth-order valence-electron chi connectivity index (χ4n) is 2.04. The second-order valence-corrected chi connectivity index (χ2v) is 7.68. The largest absolute Gasteiger partial charge is 0.267 e. The molecule has 0 unspecified atom stereocenters. The molecule has 0 amide bonds. The molecule has 0 saturated heterocycles. The van der Waals surface area contributed by atoms with Crippen LogP contribution in [0.1, 0.15) is 5.56 Å². The monoisotopic (exact) mass is 384 g/mol. The van der Waals surface area contributed by atoms with E-state index in [1.165, 1.54) is 10.6 Å². The lowest BCUT2D eigenvalue weighted by Gasteiger charge is -2.24. The predicted molar refractivity (Wildman–Crippen MR) is 86.5 cm³/mol. The molecule has 0 bridgehead atoms. The number of aliphatic imine (C=N–C) groups is 1. The number of hydrogen-bond acceptors (Lipinski definition) is 3. The summed E-state index contributed by atoms with van der Waals surface area (Å²) in [5, 5.41) is 0.506. The standard InChI is InChI=1S/C14H10BrClN2O2S/c15-11-6-5-10(12(16)7-11)8-18-9-17-13-3-1-2-4-14(13)21(18,19)20/h1-7,9H,8H2. The number of sulfonamides is 1. The minimum absolute atomic E-state index is 0.145. The molecule has 0 aliphatic carbocycles. The highest BCUT2D eigenvalue weighted by atomic mass is 79.9. The van der Waals surface area contributed by atoms with Gasteiger partial charge in [0.15, 0.2) is 0 Å². The lowest BCUT2D eigenvalue weighted by atomic mass is 10.2. The molecule has 2 aromatic rings. The van der Waals surface area contributed by atoms with Gasteiger partial charge in [-0.15, -0.1) is 0 Å². The number of halogens is 2. The number of benzene rings is 2. The highest BCUT2D eigenvalue weighted by molar-refractivity contribution is 9.10. The van der Waals surface area contributed by atoms with E-state index in [9.17, 15) is 8.42 Å². The summed E-state index contributed by atoms with van der Waals surface area (Å²) in [7, 11) is -3.59. The van der Waals surface area contributed by atoms with E-state index in [0.29, 0.717) is 16.3 Å². The molecule has 0 radical (unpaired) electrons. The van der Waals surface area contributed by atoms with Crippen molar-refractivity contribution in [2.45, 2.75) is 11.4 Å². The molecular formula is C14H10BrClN2O2S. The topological polar surface area (TPSA) is 49.7 Å². The van der Waals surface area contributed by atoms with Gasteiger partial charge in [0, 0.05) is 9.50 Å². The van der Waals surface area contributed by atoms with Crippen molar-refractivity contribution in [3.05, 3.63) is 57.5 Å². The second-order valence-electron chi connectivity index (χ2n) is 4.50. The van der Waals surface area contributed by atoms with Gasteiger partial charge >= 0.3 is 0 Å². The molecular weight excluding hydrogens is 376 g/mol. The van der Waals surface area contributed by atoms with Crippen molar-refractivity contribution < 1.29 is 8.42 Å². The zero-order chi connectivity index (χ0) is 15.0. The first-order valence-electron chi connectivity index (χ1n) is 6.07. The van der Waals surface area contributed by atoms with Crippen molar-refractivity contribution in [3.8, 4) is 0 Å². The Bertz CT molecular complexity index is 837. The zero-order valence-corrected chi connectivity index (χ0v) is 13.9. The molecule has 1 aliphatic rings. The van der Waals surface area contributed by atoms with E-state index >= 15 is 0 Å². The minimum Gasteiger partial charge on any atom is -0.252 e. The third kappa shape index (κ3) is 2.71. The molecule has 108 valence electrons. The van der Waals surface area contributed by atoms with Crippen molar-refractivity contribution in [3.63, 3.8) is 0 Å². The van der Waals surface area contributed by atoms with Crippen molar-refractivity contribution in [2.24, 2.45) is 4.99 Å². The Hall–Kier alpha value is -1.37. The first kappa shape index (κ1) is 14.6. The Morgan fingerprint density at radius 3 is 2.71 bits per heavy atom. The number of fused-ring (bicyclic) bond motifs is 1. The van der Waals surface area contributed by atoms with Gasteiger partial charge < -0.3 is 0 Å². The third-order valence-electron chi connectivity index (χ3n) is 3.12. The Labute approximate surface area is 136 Å². The van der Waals surface area contributed by atoms with Gasteiger partial charge in [-0.1, -0.05) is 45.7 Å². The van der Waals surface area contributed by atoms with E-state index in [4.69, 9.17) is 11.6 Å². The fourth-order valence-corrected chi connectivity index (χ4v) is 4.14. The van der Waals surface area contributed by atoms with Gasteiger partial charge in [0.1, 0.15) is 11.2 Å². The Morgan fingerprint density at radius 1 is 1.19 bits per heavy atom. The normalized spacial score (nSPS) is 15.8. The summed E-state index contributed by atoms with van der Waals surface area (Å²) in [6, 6.07) is 12.0. The van der Waals surface area contributed by atoms with E-state index in [2.05, 4.69) is 20.9 Å². The minimum atomic E-state index is -3.59. The molecule has 4 nitrogen and oxygen atoms in total. The molecule has 0 saturated carbocycles. The van der Waals surface area contributed by atoms with Gasteiger partial charge in [-0.05, 0) is 29.8 Å². The van der Waals surface area contributed by atoms with Crippen molar-refractivity contribution >= 4 is 49.6 Å². The van der Waals surface area contributed by atoms with E-state index in [1.807, 2.05) is 6.07 Å². The van der Waals surface area contributed by atoms with E-state index in [0.717, 1.165) is 4.47 Å². The highest BCUT2D eigenvalue weighted by Crippen LogP contribution is 2.31. The summed E-state index contributed by atoms with van der Waals surface area (Å²) in [6.45, 7) is 0.145. The Balaban J connectivity index is 1.98. The van der Waals surface area contributed by atoms with Crippen molar-refractivity contribution in [1.29, 1.82) is 0 Å². The third-order valence-corrected chi connectivity index (χ3v) is 5.71. The summed E-state index contributed by atoms with van der Waals surface area (Å²) in [4.78, 5) is 4.39. The molecule has 0 fully saturated rings. The maximum atomic E-state index is 12.6. The molecule has 0 atom stereocenters. The van der Waals surface area contributed by atoms with Crippen LogP contribution in [0.4, 0.5) is 5.69 Å². The van der Waals surface area contributed by atoms with E-state index in [-0.39, 0.29) is 11.4 Å². The van der Waals surface area contributed by atoms with E-state index in [1.54, 1.807) is 36.4 Å². The van der Waals surface area contributed by atoms with Crippen LogP contribution in [-0.2, 0) is 16.6 Å². The molecule has 7 heteroatoms. The average Bonchev–Trinajstić information content (AvgIpc) is 2.44. The Morgan fingerprint density at radius 2 is 1.95 bits per heavy atom. The van der Waals surface area contributed by atoms with Crippen LogP contribution in [0, 0.1) is 0 Å². The van der Waals surface area contributed by atoms with Crippen LogP contribution in [0.3, 0.4) is 0 Å². The maximum absolute atomic E-state index is 12.6. The van der Waals surface area contributed by atoms with Crippen molar-refractivity contribution in [2.75, 3.05) is 0 Å². The quantitative estimate of drug-likeness (QED) is 0.785. The lowest BCUT2D eigenvalue weighted by molar-refractivity contribution is 0.522. The Kier molecular flexibility index (Phi) is 3.77. The van der Waals surface area contributed by atoms with Crippen molar-refractivity contribution in [1.82, 2.24) is 4.31 Å².